The van der Waals surface area contributed by atoms with Gasteiger partial charge in [-0.1, -0.05) is 11.8 Å². The number of carbonyl (C=O) groups excluding carboxylic acids is 1. The largest absolute Gasteiger partial charge is 0.612 e. The zero-order chi connectivity index (χ0) is 16.9. The molecule has 2 aliphatic heterocycles. The lowest BCUT2D eigenvalue weighted by atomic mass is 9.92. The number of aliphatic hydroxyl groups excluding tert-OH is 1. The molecule has 2 heterocycles. The van der Waals surface area contributed by atoms with Crippen molar-refractivity contribution in [2.24, 2.45) is 5.92 Å². The molecule has 2 unspecified atom stereocenters. The highest BCUT2D eigenvalue weighted by Gasteiger charge is 2.57. The normalized spacial score (nSPS) is 25.9. The summed E-state index contributed by atoms with van der Waals surface area (Å²) in [6.45, 7) is 1.53. The predicted octanol–water partition coefficient (Wildman–Crippen LogP) is 1.09. The molecule has 0 spiro atoms. The van der Waals surface area contributed by atoms with Crippen molar-refractivity contribution in [3.8, 4) is 0 Å². The Morgan fingerprint density at radius 1 is 1.39 bits per heavy atom. The maximum atomic E-state index is 12.1. The Hall–Kier alpha value is -1.48. The van der Waals surface area contributed by atoms with Gasteiger partial charge in [0.25, 0.3) is 0 Å². The zero-order valence-corrected chi connectivity index (χ0v) is 14.1. The van der Waals surface area contributed by atoms with Crippen LogP contribution in [0.4, 0.5) is 0 Å². The third kappa shape index (κ3) is 2.55. The lowest BCUT2D eigenvalue weighted by molar-refractivity contribution is -0.156. The first-order valence-corrected chi connectivity index (χ1v) is 9.36. The third-order valence-electron chi connectivity index (χ3n) is 3.95. The SMILES string of the molecule is CC(O)[C@H]1C(=O)N2C(C(=O)O)=C(c3ccc([S+](C)[O-])cc3)S[C@H]12. The summed E-state index contributed by atoms with van der Waals surface area (Å²) in [5.74, 6) is -2.12. The molecule has 1 amide bonds. The molecular weight excluding hydrogens is 338 g/mol. The molecule has 0 aliphatic carbocycles. The Bertz CT molecular complexity index is 698. The van der Waals surface area contributed by atoms with Crippen LogP contribution in [0.25, 0.3) is 4.91 Å². The van der Waals surface area contributed by atoms with Crippen LogP contribution in [0.5, 0.6) is 0 Å². The van der Waals surface area contributed by atoms with Crippen molar-refractivity contribution in [2.45, 2.75) is 23.3 Å². The number of rotatable bonds is 4. The Morgan fingerprint density at radius 3 is 2.48 bits per heavy atom. The number of aliphatic hydroxyl groups is 1. The second kappa shape index (κ2) is 5.86. The van der Waals surface area contributed by atoms with E-state index in [2.05, 4.69) is 0 Å². The van der Waals surface area contributed by atoms with Crippen LogP contribution in [0.2, 0.25) is 0 Å². The van der Waals surface area contributed by atoms with E-state index in [1.807, 2.05) is 0 Å². The molecule has 6 nitrogen and oxygen atoms in total. The van der Waals surface area contributed by atoms with Crippen LogP contribution in [0, 0.1) is 5.92 Å². The highest BCUT2D eigenvalue weighted by atomic mass is 32.2. The molecule has 3 rings (SSSR count). The van der Waals surface area contributed by atoms with E-state index >= 15 is 0 Å². The average Bonchev–Trinajstić information content (AvgIpc) is 2.82. The van der Waals surface area contributed by atoms with E-state index in [9.17, 15) is 24.4 Å². The number of amides is 1. The highest BCUT2D eigenvalue weighted by molar-refractivity contribution is 8.09. The molecule has 23 heavy (non-hydrogen) atoms. The second-order valence-electron chi connectivity index (χ2n) is 5.44. The number of carboxylic acids is 1. The van der Waals surface area contributed by atoms with Gasteiger partial charge in [0.1, 0.15) is 17.3 Å². The number of benzene rings is 1. The van der Waals surface area contributed by atoms with Crippen LogP contribution < -0.4 is 0 Å². The number of thioether (sulfide) groups is 1. The van der Waals surface area contributed by atoms with E-state index in [0.29, 0.717) is 15.4 Å². The monoisotopic (exact) mass is 353 g/mol. The fourth-order valence-corrected chi connectivity index (χ4v) is 4.92. The molecule has 0 aromatic heterocycles. The molecule has 122 valence electrons. The van der Waals surface area contributed by atoms with Gasteiger partial charge < -0.3 is 14.8 Å². The van der Waals surface area contributed by atoms with Crippen molar-refractivity contribution < 1.29 is 24.4 Å². The molecule has 8 heteroatoms. The standard InChI is InChI=1S/C15H15NO5S2/c1-7(17)10-13(18)16-11(15(19)20)12(22-14(10)16)8-3-5-9(6-4-8)23(2)21/h3-7,10,14,17H,1-2H3,(H,19,20)/t7?,10-,14+,23?/m0/s1. The number of carbonyl (C=O) groups is 2. The minimum atomic E-state index is -1.17. The molecule has 1 fully saturated rings. The van der Waals surface area contributed by atoms with Gasteiger partial charge in [0.05, 0.1) is 12.0 Å². The van der Waals surface area contributed by atoms with Gasteiger partial charge in [0.15, 0.2) is 4.90 Å². The molecule has 0 saturated carbocycles. The maximum Gasteiger partial charge on any atom is 0.353 e. The quantitative estimate of drug-likeness (QED) is 0.621. The smallest absolute Gasteiger partial charge is 0.353 e. The van der Waals surface area contributed by atoms with E-state index in [1.165, 1.54) is 23.6 Å². The molecule has 2 N–H and O–H groups in total. The van der Waals surface area contributed by atoms with Crippen LogP contribution in [0.3, 0.4) is 0 Å². The molecule has 0 radical (unpaired) electrons. The third-order valence-corrected chi connectivity index (χ3v) is 6.30. The van der Waals surface area contributed by atoms with E-state index < -0.39 is 29.2 Å². The van der Waals surface area contributed by atoms with Gasteiger partial charge in [-0.2, -0.15) is 0 Å². The Kier molecular flexibility index (Phi) is 4.18. The summed E-state index contributed by atoms with van der Waals surface area (Å²) >= 11 is 0.160. The number of nitrogens with zero attached hydrogens (tertiary/aromatic N) is 1. The van der Waals surface area contributed by atoms with Gasteiger partial charge in [0, 0.05) is 4.91 Å². The average molecular weight is 353 g/mol. The topological polar surface area (TPSA) is 101 Å². The van der Waals surface area contributed by atoms with Crippen molar-refractivity contribution in [1.29, 1.82) is 0 Å². The summed E-state index contributed by atoms with van der Waals surface area (Å²) in [6.07, 6.45) is 0.745. The molecule has 2 aliphatic rings. The van der Waals surface area contributed by atoms with Crippen molar-refractivity contribution in [1.82, 2.24) is 4.90 Å². The van der Waals surface area contributed by atoms with Crippen LogP contribution in [-0.4, -0.2) is 49.3 Å². The summed E-state index contributed by atoms with van der Waals surface area (Å²) in [5, 5.41) is 18.8. The predicted molar refractivity (Wildman–Crippen MR) is 86.7 cm³/mol. The van der Waals surface area contributed by atoms with Gasteiger partial charge in [-0.25, -0.2) is 4.79 Å². The fraction of sp³-hybridized carbons (Fsp3) is 0.333. The first kappa shape index (κ1) is 16.4. The molecule has 1 aromatic rings. The van der Waals surface area contributed by atoms with Crippen molar-refractivity contribution in [2.75, 3.05) is 6.26 Å². The number of β-lactam (4-membered cyclic amide) rings is 1. The first-order valence-electron chi connectivity index (χ1n) is 6.92. The molecule has 4 atom stereocenters. The van der Waals surface area contributed by atoms with Crippen LogP contribution >= 0.6 is 11.8 Å². The molecular formula is C15H15NO5S2. The Labute approximate surface area is 140 Å². The molecule has 1 aromatic carbocycles. The van der Waals surface area contributed by atoms with Crippen molar-refractivity contribution >= 4 is 39.7 Å². The lowest BCUT2D eigenvalue weighted by Gasteiger charge is -2.43. The minimum absolute atomic E-state index is 0.0488. The number of hydrogen-bond acceptors (Lipinski definition) is 5. The summed E-state index contributed by atoms with van der Waals surface area (Å²) < 4.78 is 11.4. The number of hydrogen-bond donors (Lipinski definition) is 2. The Balaban J connectivity index is 1.98. The maximum absolute atomic E-state index is 12.1. The lowest BCUT2D eigenvalue weighted by Crippen LogP contribution is -2.60. The van der Waals surface area contributed by atoms with E-state index in [-0.39, 0.29) is 17.0 Å². The number of aliphatic carboxylic acids is 1. The van der Waals surface area contributed by atoms with E-state index in [1.54, 1.807) is 30.5 Å². The van der Waals surface area contributed by atoms with Gasteiger partial charge in [-0.05, 0) is 47.9 Å². The molecule has 1 saturated heterocycles. The summed E-state index contributed by atoms with van der Waals surface area (Å²) in [6, 6.07) is 6.77. The zero-order valence-electron chi connectivity index (χ0n) is 12.4. The summed E-state index contributed by atoms with van der Waals surface area (Å²) in [7, 11) is 0. The molecule has 0 bridgehead atoms. The van der Waals surface area contributed by atoms with Gasteiger partial charge in [0.2, 0.25) is 5.91 Å². The summed E-state index contributed by atoms with van der Waals surface area (Å²) in [5.41, 5.74) is 0.611. The van der Waals surface area contributed by atoms with Crippen molar-refractivity contribution in [3.63, 3.8) is 0 Å². The van der Waals surface area contributed by atoms with Gasteiger partial charge in [-0.3, -0.25) is 9.69 Å². The highest BCUT2D eigenvalue weighted by Crippen LogP contribution is 2.53. The van der Waals surface area contributed by atoms with Gasteiger partial charge in [-0.15, -0.1) is 0 Å². The summed E-state index contributed by atoms with van der Waals surface area (Å²) in [4.78, 5) is 26.1. The van der Waals surface area contributed by atoms with E-state index in [4.69, 9.17) is 0 Å². The number of fused-ring (bicyclic) bond motifs is 1. The number of carboxylic acid groups (broad SMARTS) is 1. The fourth-order valence-electron chi connectivity index (χ4n) is 2.78. The first-order chi connectivity index (χ1) is 10.8. The van der Waals surface area contributed by atoms with Crippen LogP contribution in [0.1, 0.15) is 12.5 Å². The van der Waals surface area contributed by atoms with Crippen molar-refractivity contribution in [3.05, 3.63) is 35.5 Å². The van der Waals surface area contributed by atoms with E-state index in [0.717, 1.165) is 0 Å². The second-order valence-corrected chi connectivity index (χ2v) is 7.95. The van der Waals surface area contributed by atoms with Crippen LogP contribution in [-0.2, 0) is 20.8 Å². The van der Waals surface area contributed by atoms with Gasteiger partial charge >= 0.3 is 5.97 Å². The Morgan fingerprint density at radius 2 is 2.00 bits per heavy atom. The van der Waals surface area contributed by atoms with Crippen LogP contribution in [0.15, 0.2) is 34.9 Å². The minimum Gasteiger partial charge on any atom is -0.612 e.